The van der Waals surface area contributed by atoms with E-state index >= 15 is 0 Å². The molecule has 1 aromatic carbocycles. The quantitative estimate of drug-likeness (QED) is 0.815. The molecular weight excluding hydrogens is 216 g/mol. The summed E-state index contributed by atoms with van der Waals surface area (Å²) in [6, 6.07) is 5.43. The zero-order chi connectivity index (χ0) is 12.3. The Morgan fingerprint density at radius 1 is 1.47 bits per heavy atom. The number of phenolic OH excluding ortho intramolecular Hbond substituents is 1. The van der Waals surface area contributed by atoms with Crippen LogP contribution in [0.15, 0.2) is 24.3 Å². The van der Waals surface area contributed by atoms with Crippen molar-refractivity contribution >= 4 is 11.5 Å². The van der Waals surface area contributed by atoms with E-state index in [4.69, 9.17) is 4.74 Å². The summed E-state index contributed by atoms with van der Waals surface area (Å²) in [6.07, 6.45) is 4.02. The van der Waals surface area contributed by atoms with Gasteiger partial charge in [-0.15, -0.1) is 0 Å². The summed E-state index contributed by atoms with van der Waals surface area (Å²) in [5.74, 6) is 0.104. The number of hydrogen-bond acceptors (Lipinski definition) is 3. The van der Waals surface area contributed by atoms with Crippen molar-refractivity contribution < 1.29 is 14.6 Å². The average molecular weight is 232 g/mol. The fraction of sp³-hybridized carbons (Fsp3) is 0.357. The summed E-state index contributed by atoms with van der Waals surface area (Å²) in [6.45, 7) is 2.20. The van der Waals surface area contributed by atoms with Gasteiger partial charge in [-0.05, 0) is 37.0 Å². The summed E-state index contributed by atoms with van der Waals surface area (Å²) in [4.78, 5) is 11.5. The van der Waals surface area contributed by atoms with Gasteiger partial charge in [0.2, 0.25) is 0 Å². The minimum Gasteiger partial charge on any atom is -0.508 e. The number of fused-ring (bicyclic) bond motifs is 1. The van der Waals surface area contributed by atoms with Crippen molar-refractivity contribution in [2.75, 3.05) is 6.61 Å². The van der Waals surface area contributed by atoms with Crippen LogP contribution >= 0.6 is 0 Å². The minimum absolute atomic E-state index is 0.213. The number of carbonyl (C=O) groups excluding carboxylic acids is 1. The molecular formula is C14H16O3. The standard InChI is InChI=1S/C14H16O3/c1-2-17-14(16)9-10-5-3-7-12-11(10)6-4-8-13(12)15/h4-6,8,15H,2-3,7,9H2,1H3. The van der Waals surface area contributed by atoms with E-state index in [0.717, 1.165) is 29.5 Å². The van der Waals surface area contributed by atoms with Crippen LogP contribution in [-0.4, -0.2) is 17.7 Å². The van der Waals surface area contributed by atoms with Crippen molar-refractivity contribution in [1.29, 1.82) is 0 Å². The Morgan fingerprint density at radius 2 is 2.29 bits per heavy atom. The molecule has 1 aliphatic carbocycles. The molecule has 0 saturated heterocycles. The molecule has 0 atom stereocenters. The van der Waals surface area contributed by atoms with Crippen LogP contribution in [0.5, 0.6) is 5.75 Å². The maximum absolute atomic E-state index is 11.5. The van der Waals surface area contributed by atoms with Crippen molar-refractivity contribution in [2.45, 2.75) is 26.2 Å². The number of allylic oxidation sites excluding steroid dienone is 1. The lowest BCUT2D eigenvalue weighted by molar-refractivity contribution is -0.141. The van der Waals surface area contributed by atoms with Crippen LogP contribution in [0.3, 0.4) is 0 Å². The second-order valence-corrected chi connectivity index (χ2v) is 4.05. The number of ether oxygens (including phenoxy) is 1. The second kappa shape index (κ2) is 5.04. The summed E-state index contributed by atoms with van der Waals surface area (Å²) >= 11 is 0. The lowest BCUT2D eigenvalue weighted by Crippen LogP contribution is -2.08. The zero-order valence-electron chi connectivity index (χ0n) is 9.90. The summed E-state index contributed by atoms with van der Waals surface area (Å²) in [5.41, 5.74) is 2.87. The van der Waals surface area contributed by atoms with Gasteiger partial charge in [0.25, 0.3) is 0 Å². The first-order valence-corrected chi connectivity index (χ1v) is 5.88. The number of hydrogen-bond donors (Lipinski definition) is 1. The molecule has 1 aliphatic rings. The first kappa shape index (κ1) is 11.7. The van der Waals surface area contributed by atoms with E-state index in [9.17, 15) is 9.90 Å². The van der Waals surface area contributed by atoms with Gasteiger partial charge in [0, 0.05) is 5.56 Å². The Balaban J connectivity index is 2.24. The van der Waals surface area contributed by atoms with E-state index in [2.05, 4.69) is 6.08 Å². The zero-order valence-corrected chi connectivity index (χ0v) is 9.90. The van der Waals surface area contributed by atoms with Crippen LogP contribution in [0, 0.1) is 0 Å². The molecule has 0 amide bonds. The number of carbonyl (C=O) groups is 1. The van der Waals surface area contributed by atoms with Crippen LogP contribution in [-0.2, 0) is 16.0 Å². The van der Waals surface area contributed by atoms with Gasteiger partial charge in [0.1, 0.15) is 5.75 Å². The monoisotopic (exact) mass is 232 g/mol. The maximum atomic E-state index is 11.5. The highest BCUT2D eigenvalue weighted by atomic mass is 16.5. The van der Waals surface area contributed by atoms with Crippen molar-refractivity contribution in [1.82, 2.24) is 0 Å². The maximum Gasteiger partial charge on any atom is 0.310 e. The van der Waals surface area contributed by atoms with Crippen molar-refractivity contribution in [3.8, 4) is 5.75 Å². The normalized spacial score (nSPS) is 13.8. The second-order valence-electron chi connectivity index (χ2n) is 4.05. The van der Waals surface area contributed by atoms with Crippen LogP contribution in [0.25, 0.3) is 5.57 Å². The van der Waals surface area contributed by atoms with Crippen molar-refractivity contribution in [3.05, 3.63) is 35.4 Å². The van der Waals surface area contributed by atoms with Crippen LogP contribution in [0.1, 0.15) is 30.9 Å². The number of aromatic hydroxyl groups is 1. The Bertz CT molecular complexity index is 461. The molecule has 17 heavy (non-hydrogen) atoms. The molecule has 1 N–H and O–H groups in total. The van der Waals surface area contributed by atoms with E-state index in [1.807, 2.05) is 6.07 Å². The third kappa shape index (κ3) is 2.49. The molecule has 0 spiro atoms. The molecule has 0 heterocycles. The molecule has 3 heteroatoms. The highest BCUT2D eigenvalue weighted by Crippen LogP contribution is 2.33. The first-order valence-electron chi connectivity index (χ1n) is 5.88. The fourth-order valence-corrected chi connectivity index (χ4v) is 2.17. The van der Waals surface area contributed by atoms with Gasteiger partial charge in [0.15, 0.2) is 0 Å². The predicted molar refractivity (Wildman–Crippen MR) is 65.7 cm³/mol. The van der Waals surface area contributed by atoms with E-state index in [1.165, 1.54) is 0 Å². The molecule has 0 bridgehead atoms. The Hall–Kier alpha value is -1.77. The largest absolute Gasteiger partial charge is 0.508 e. The molecule has 3 nitrogen and oxygen atoms in total. The number of esters is 1. The first-order chi connectivity index (χ1) is 8.22. The third-order valence-electron chi connectivity index (χ3n) is 2.92. The van der Waals surface area contributed by atoms with Crippen LogP contribution < -0.4 is 0 Å². The van der Waals surface area contributed by atoms with E-state index in [0.29, 0.717) is 12.4 Å². The molecule has 0 fully saturated rings. The van der Waals surface area contributed by atoms with Gasteiger partial charge in [-0.1, -0.05) is 18.2 Å². The summed E-state index contributed by atoms with van der Waals surface area (Å²) in [5, 5.41) is 9.77. The average Bonchev–Trinajstić information content (AvgIpc) is 2.31. The Labute approximate surface area is 101 Å². The third-order valence-corrected chi connectivity index (χ3v) is 2.92. The highest BCUT2D eigenvalue weighted by Gasteiger charge is 2.17. The number of rotatable bonds is 3. The van der Waals surface area contributed by atoms with Gasteiger partial charge in [-0.3, -0.25) is 4.79 Å². The summed E-state index contributed by atoms with van der Waals surface area (Å²) < 4.78 is 4.95. The van der Waals surface area contributed by atoms with Crippen molar-refractivity contribution in [2.24, 2.45) is 0 Å². The number of benzene rings is 1. The van der Waals surface area contributed by atoms with Gasteiger partial charge < -0.3 is 9.84 Å². The molecule has 2 rings (SSSR count). The Morgan fingerprint density at radius 3 is 3.06 bits per heavy atom. The lowest BCUT2D eigenvalue weighted by atomic mass is 9.88. The van der Waals surface area contributed by atoms with Gasteiger partial charge >= 0.3 is 5.97 Å². The molecule has 0 aliphatic heterocycles. The minimum atomic E-state index is -0.213. The van der Waals surface area contributed by atoms with Crippen molar-refractivity contribution in [3.63, 3.8) is 0 Å². The molecule has 0 radical (unpaired) electrons. The smallest absolute Gasteiger partial charge is 0.310 e. The molecule has 1 aromatic rings. The highest BCUT2D eigenvalue weighted by molar-refractivity contribution is 5.87. The molecule has 0 saturated carbocycles. The lowest BCUT2D eigenvalue weighted by Gasteiger charge is -2.18. The SMILES string of the molecule is CCOC(=O)CC1=CCCc2c(O)cccc21. The van der Waals surface area contributed by atoms with E-state index < -0.39 is 0 Å². The van der Waals surface area contributed by atoms with Gasteiger partial charge in [-0.25, -0.2) is 0 Å². The van der Waals surface area contributed by atoms with Gasteiger partial charge in [-0.2, -0.15) is 0 Å². The van der Waals surface area contributed by atoms with E-state index in [1.54, 1.807) is 19.1 Å². The predicted octanol–water partition coefficient (Wildman–Crippen LogP) is 2.68. The van der Waals surface area contributed by atoms with Gasteiger partial charge in [0.05, 0.1) is 13.0 Å². The topological polar surface area (TPSA) is 46.5 Å². The van der Waals surface area contributed by atoms with Crippen LogP contribution in [0.2, 0.25) is 0 Å². The fourth-order valence-electron chi connectivity index (χ4n) is 2.17. The molecule has 0 aromatic heterocycles. The Kier molecular flexibility index (Phi) is 3.47. The number of phenols is 1. The molecule has 90 valence electrons. The van der Waals surface area contributed by atoms with E-state index in [-0.39, 0.29) is 12.4 Å². The molecule has 0 unspecified atom stereocenters. The summed E-state index contributed by atoms with van der Waals surface area (Å²) in [7, 11) is 0. The van der Waals surface area contributed by atoms with Crippen LogP contribution in [0.4, 0.5) is 0 Å².